The van der Waals surface area contributed by atoms with Gasteiger partial charge >= 0.3 is 12.0 Å². The molecule has 0 aliphatic carbocycles. The van der Waals surface area contributed by atoms with Gasteiger partial charge in [0, 0.05) is 6.04 Å². The second kappa shape index (κ2) is 6.00. The van der Waals surface area contributed by atoms with Crippen molar-refractivity contribution >= 4 is 17.7 Å². The van der Waals surface area contributed by atoms with Crippen molar-refractivity contribution < 1.29 is 19.1 Å². The second-order valence-corrected chi connectivity index (χ2v) is 4.08. The van der Waals surface area contributed by atoms with Gasteiger partial charge in [0.15, 0.2) is 0 Å². The maximum absolute atomic E-state index is 13.4. The molecule has 0 radical (unpaired) electrons. The molecule has 0 spiro atoms. The van der Waals surface area contributed by atoms with Crippen molar-refractivity contribution in [3.63, 3.8) is 0 Å². The molecule has 5 nitrogen and oxygen atoms in total. The average molecular weight is 254 g/mol. The molecule has 6 heteroatoms. The number of amides is 2. The second-order valence-electron chi connectivity index (χ2n) is 4.08. The Morgan fingerprint density at radius 2 is 2.11 bits per heavy atom. The van der Waals surface area contributed by atoms with E-state index in [2.05, 4.69) is 10.6 Å². The number of carbonyl (C=O) groups excluding carboxylic acids is 1. The van der Waals surface area contributed by atoms with E-state index in [1.54, 1.807) is 19.9 Å². The van der Waals surface area contributed by atoms with Gasteiger partial charge < -0.3 is 15.7 Å². The van der Waals surface area contributed by atoms with Crippen molar-refractivity contribution in [1.29, 1.82) is 0 Å². The first-order valence-electron chi connectivity index (χ1n) is 5.44. The fourth-order valence-electron chi connectivity index (χ4n) is 1.42. The Kier molecular flexibility index (Phi) is 4.65. The minimum atomic E-state index is -1.01. The summed E-state index contributed by atoms with van der Waals surface area (Å²) in [7, 11) is 0. The molecule has 1 atom stereocenters. The Labute approximate surface area is 104 Å². The summed E-state index contributed by atoms with van der Waals surface area (Å²) in [6.07, 6.45) is -0.191. The molecule has 0 saturated carbocycles. The van der Waals surface area contributed by atoms with Gasteiger partial charge in [0.25, 0.3) is 0 Å². The molecule has 0 saturated heterocycles. The molecule has 0 fully saturated rings. The van der Waals surface area contributed by atoms with Crippen molar-refractivity contribution in [3.8, 4) is 0 Å². The summed E-state index contributed by atoms with van der Waals surface area (Å²) in [6, 6.07) is 3.25. The zero-order valence-electron chi connectivity index (χ0n) is 10.2. The summed E-state index contributed by atoms with van der Waals surface area (Å²) in [5, 5.41) is 13.3. The molecule has 0 aromatic heterocycles. The first-order valence-corrected chi connectivity index (χ1v) is 5.44. The van der Waals surface area contributed by atoms with E-state index in [9.17, 15) is 14.0 Å². The SMILES string of the molecule is Cc1ccc(NC(=O)NC(C)CC(=O)O)c(F)c1. The van der Waals surface area contributed by atoms with E-state index in [1.807, 2.05) is 0 Å². The van der Waals surface area contributed by atoms with Gasteiger partial charge in [0.1, 0.15) is 5.82 Å². The molecule has 1 unspecified atom stereocenters. The lowest BCUT2D eigenvalue weighted by Crippen LogP contribution is -2.37. The Balaban J connectivity index is 2.56. The van der Waals surface area contributed by atoms with Crippen LogP contribution in [0.5, 0.6) is 0 Å². The van der Waals surface area contributed by atoms with E-state index in [0.29, 0.717) is 0 Å². The van der Waals surface area contributed by atoms with Gasteiger partial charge in [-0.1, -0.05) is 6.07 Å². The maximum Gasteiger partial charge on any atom is 0.319 e. The van der Waals surface area contributed by atoms with Crippen molar-refractivity contribution in [2.45, 2.75) is 26.3 Å². The van der Waals surface area contributed by atoms with Gasteiger partial charge in [-0.15, -0.1) is 0 Å². The van der Waals surface area contributed by atoms with E-state index in [1.165, 1.54) is 12.1 Å². The number of rotatable bonds is 4. The molecule has 1 aromatic rings. The Morgan fingerprint density at radius 1 is 1.44 bits per heavy atom. The Bertz CT molecular complexity index is 463. The van der Waals surface area contributed by atoms with Gasteiger partial charge in [-0.05, 0) is 31.5 Å². The smallest absolute Gasteiger partial charge is 0.319 e. The Morgan fingerprint density at radius 3 is 2.67 bits per heavy atom. The fraction of sp³-hybridized carbons (Fsp3) is 0.333. The minimum Gasteiger partial charge on any atom is -0.481 e. The maximum atomic E-state index is 13.4. The molecule has 1 rings (SSSR count). The molecular weight excluding hydrogens is 239 g/mol. The highest BCUT2D eigenvalue weighted by Crippen LogP contribution is 2.14. The Hall–Kier alpha value is -2.11. The normalized spacial score (nSPS) is 11.7. The third-order valence-corrected chi connectivity index (χ3v) is 2.23. The van der Waals surface area contributed by atoms with Crippen LogP contribution >= 0.6 is 0 Å². The van der Waals surface area contributed by atoms with Crippen LogP contribution in [-0.2, 0) is 4.79 Å². The molecule has 2 amide bonds. The summed E-state index contributed by atoms with van der Waals surface area (Å²) >= 11 is 0. The van der Waals surface area contributed by atoms with Gasteiger partial charge in [-0.2, -0.15) is 0 Å². The zero-order chi connectivity index (χ0) is 13.7. The van der Waals surface area contributed by atoms with Gasteiger partial charge in [0.2, 0.25) is 0 Å². The molecule has 98 valence electrons. The molecule has 0 heterocycles. The lowest BCUT2D eigenvalue weighted by Gasteiger charge is -2.13. The van der Waals surface area contributed by atoms with Crippen molar-refractivity contribution in [1.82, 2.24) is 5.32 Å². The van der Waals surface area contributed by atoms with Crippen LogP contribution in [0.25, 0.3) is 0 Å². The van der Waals surface area contributed by atoms with E-state index in [4.69, 9.17) is 5.11 Å². The van der Waals surface area contributed by atoms with Crippen LogP contribution in [0.2, 0.25) is 0 Å². The molecule has 0 bridgehead atoms. The zero-order valence-corrected chi connectivity index (χ0v) is 10.2. The third-order valence-electron chi connectivity index (χ3n) is 2.23. The number of aliphatic carboxylic acids is 1. The summed E-state index contributed by atoms with van der Waals surface area (Å²) < 4.78 is 13.4. The number of anilines is 1. The van der Waals surface area contributed by atoms with Crippen LogP contribution in [0.4, 0.5) is 14.9 Å². The number of aryl methyl sites for hydroxylation is 1. The van der Waals surface area contributed by atoms with E-state index < -0.39 is 23.9 Å². The van der Waals surface area contributed by atoms with E-state index in [0.717, 1.165) is 5.56 Å². The molecule has 1 aromatic carbocycles. The fourth-order valence-corrected chi connectivity index (χ4v) is 1.42. The predicted octanol–water partition coefficient (Wildman–Crippen LogP) is 2.12. The van der Waals surface area contributed by atoms with Gasteiger partial charge in [0.05, 0.1) is 12.1 Å². The van der Waals surface area contributed by atoms with E-state index >= 15 is 0 Å². The lowest BCUT2D eigenvalue weighted by atomic mass is 10.2. The van der Waals surface area contributed by atoms with Gasteiger partial charge in [-0.25, -0.2) is 9.18 Å². The number of halogens is 1. The molecule has 18 heavy (non-hydrogen) atoms. The third kappa shape index (κ3) is 4.40. The number of hydrogen-bond donors (Lipinski definition) is 3. The predicted molar refractivity (Wildman–Crippen MR) is 65.0 cm³/mol. The summed E-state index contributed by atoms with van der Waals surface area (Å²) in [5.74, 6) is -1.54. The number of carboxylic acids is 1. The molecule has 0 aliphatic heterocycles. The summed E-state index contributed by atoms with van der Waals surface area (Å²) in [4.78, 5) is 21.9. The monoisotopic (exact) mass is 254 g/mol. The number of benzene rings is 1. The number of hydrogen-bond acceptors (Lipinski definition) is 2. The quantitative estimate of drug-likeness (QED) is 0.770. The lowest BCUT2D eigenvalue weighted by molar-refractivity contribution is -0.137. The van der Waals surface area contributed by atoms with Crippen LogP contribution < -0.4 is 10.6 Å². The highest BCUT2D eigenvalue weighted by atomic mass is 19.1. The molecule has 3 N–H and O–H groups in total. The average Bonchev–Trinajstić information content (AvgIpc) is 2.20. The number of nitrogens with one attached hydrogen (secondary N) is 2. The standard InChI is InChI=1S/C12H15FN2O3/c1-7-3-4-10(9(13)5-7)15-12(18)14-8(2)6-11(16)17/h3-5,8H,6H2,1-2H3,(H,16,17)(H2,14,15,18). The van der Waals surface area contributed by atoms with Crippen LogP contribution in [0, 0.1) is 12.7 Å². The highest BCUT2D eigenvalue weighted by molar-refractivity contribution is 5.89. The van der Waals surface area contributed by atoms with Crippen LogP contribution in [0.15, 0.2) is 18.2 Å². The largest absolute Gasteiger partial charge is 0.481 e. The highest BCUT2D eigenvalue weighted by Gasteiger charge is 2.12. The van der Waals surface area contributed by atoms with Crippen molar-refractivity contribution in [2.75, 3.05) is 5.32 Å². The van der Waals surface area contributed by atoms with Crippen molar-refractivity contribution in [3.05, 3.63) is 29.6 Å². The number of urea groups is 1. The first kappa shape index (κ1) is 14.0. The minimum absolute atomic E-state index is 0.0561. The number of carboxylic acid groups (broad SMARTS) is 1. The molecular formula is C12H15FN2O3. The first-order chi connectivity index (χ1) is 8.38. The van der Waals surface area contributed by atoms with Crippen LogP contribution in [0.1, 0.15) is 18.9 Å². The number of carbonyl (C=O) groups is 2. The topological polar surface area (TPSA) is 78.4 Å². The van der Waals surface area contributed by atoms with Crippen LogP contribution in [0.3, 0.4) is 0 Å². The van der Waals surface area contributed by atoms with Crippen LogP contribution in [-0.4, -0.2) is 23.1 Å². The van der Waals surface area contributed by atoms with Crippen molar-refractivity contribution in [2.24, 2.45) is 0 Å². The van der Waals surface area contributed by atoms with E-state index in [-0.39, 0.29) is 12.1 Å². The van der Waals surface area contributed by atoms with Gasteiger partial charge in [-0.3, -0.25) is 4.79 Å². The molecule has 0 aliphatic rings. The summed E-state index contributed by atoms with van der Waals surface area (Å²) in [5.41, 5.74) is 0.804. The summed E-state index contributed by atoms with van der Waals surface area (Å²) in [6.45, 7) is 3.29.